The van der Waals surface area contributed by atoms with Gasteiger partial charge in [-0.3, -0.25) is 0 Å². The Hall–Kier alpha value is -1.44. The highest BCUT2D eigenvalue weighted by atomic mass is 16.5. The molecule has 1 aromatic rings. The molecule has 120 valence electrons. The summed E-state index contributed by atoms with van der Waals surface area (Å²) in [5.74, 6) is 2.15. The van der Waals surface area contributed by atoms with E-state index in [2.05, 4.69) is 32.9 Å². The molecule has 1 N–H and O–H groups in total. The van der Waals surface area contributed by atoms with Gasteiger partial charge in [0, 0.05) is 17.4 Å². The first-order valence-electron chi connectivity index (χ1n) is 8.80. The predicted octanol–water partition coefficient (Wildman–Crippen LogP) is 5.35. The summed E-state index contributed by atoms with van der Waals surface area (Å²) in [5.41, 5.74) is 3.65. The number of phenols is 1. The number of hydrogen-bond donors (Lipinski definition) is 1. The van der Waals surface area contributed by atoms with Crippen LogP contribution in [0.1, 0.15) is 69.9 Å². The van der Waals surface area contributed by atoms with Gasteiger partial charge in [0.05, 0.1) is 6.10 Å². The predicted molar refractivity (Wildman–Crippen MR) is 90.6 cm³/mol. The van der Waals surface area contributed by atoms with Gasteiger partial charge in [0.25, 0.3) is 0 Å². The number of aromatic hydroxyl groups is 1. The van der Waals surface area contributed by atoms with Crippen molar-refractivity contribution in [1.29, 1.82) is 0 Å². The number of aryl methyl sites for hydroxylation is 1. The number of hydrogen-bond acceptors (Lipinski definition) is 2. The van der Waals surface area contributed by atoms with Crippen molar-refractivity contribution in [3.05, 3.63) is 34.9 Å². The number of benzene rings is 1. The highest BCUT2D eigenvalue weighted by Gasteiger charge is 2.38. The second-order valence-corrected chi connectivity index (χ2v) is 7.05. The van der Waals surface area contributed by atoms with E-state index in [-0.39, 0.29) is 6.10 Å². The van der Waals surface area contributed by atoms with Crippen molar-refractivity contribution in [2.24, 2.45) is 5.92 Å². The number of rotatable bonds is 4. The molecule has 0 unspecified atom stereocenters. The van der Waals surface area contributed by atoms with Crippen LogP contribution in [-0.2, 0) is 6.42 Å². The van der Waals surface area contributed by atoms with Crippen molar-refractivity contribution in [3.8, 4) is 11.5 Å². The molecule has 3 rings (SSSR count). The van der Waals surface area contributed by atoms with Crippen LogP contribution in [0.15, 0.2) is 23.8 Å². The normalized spacial score (nSPS) is 26.7. The maximum Gasteiger partial charge on any atom is 0.127 e. The topological polar surface area (TPSA) is 29.5 Å². The van der Waals surface area contributed by atoms with Crippen LogP contribution in [0.4, 0.5) is 0 Å². The molecule has 2 nitrogen and oxygen atoms in total. The van der Waals surface area contributed by atoms with Crippen molar-refractivity contribution >= 4 is 0 Å². The molecule has 0 amide bonds. The van der Waals surface area contributed by atoms with Gasteiger partial charge in [-0.05, 0) is 57.2 Å². The van der Waals surface area contributed by atoms with Gasteiger partial charge in [-0.1, -0.05) is 31.4 Å². The lowest BCUT2D eigenvalue weighted by atomic mass is 9.72. The van der Waals surface area contributed by atoms with Crippen LogP contribution in [0.25, 0.3) is 0 Å². The van der Waals surface area contributed by atoms with Gasteiger partial charge in [-0.15, -0.1) is 0 Å². The lowest BCUT2D eigenvalue weighted by molar-refractivity contribution is 0.107. The molecule has 0 saturated carbocycles. The van der Waals surface area contributed by atoms with Gasteiger partial charge < -0.3 is 9.84 Å². The molecule has 0 radical (unpaired) electrons. The van der Waals surface area contributed by atoms with Crippen molar-refractivity contribution < 1.29 is 9.84 Å². The first kappa shape index (κ1) is 15.5. The summed E-state index contributed by atoms with van der Waals surface area (Å²) in [4.78, 5) is 0. The van der Waals surface area contributed by atoms with Crippen LogP contribution < -0.4 is 4.74 Å². The SMILES string of the molecule is CCCCCc1cc(O)c2c(c1)O[C@@H](C)[C@@H]1CCC(C)=C[C@@H]21. The minimum Gasteiger partial charge on any atom is -0.507 e. The zero-order valence-corrected chi connectivity index (χ0v) is 14.1. The van der Waals surface area contributed by atoms with Crippen LogP contribution >= 0.6 is 0 Å². The molecule has 0 aromatic heterocycles. The first-order chi connectivity index (χ1) is 10.6. The van der Waals surface area contributed by atoms with Gasteiger partial charge in [-0.25, -0.2) is 0 Å². The standard InChI is InChI=1S/C20H28O2/c1-4-5-6-7-15-11-18(21)20-17-10-13(2)8-9-16(17)14(3)22-19(20)12-15/h10-12,14,16-17,21H,4-9H2,1-3H3/t14-,16-,17+/m0/s1. The van der Waals surface area contributed by atoms with Crippen LogP contribution in [0.5, 0.6) is 11.5 Å². The van der Waals surface area contributed by atoms with Crippen LogP contribution in [0.2, 0.25) is 0 Å². The number of fused-ring (bicyclic) bond motifs is 3. The first-order valence-corrected chi connectivity index (χ1v) is 8.80. The van der Waals surface area contributed by atoms with E-state index in [1.807, 2.05) is 6.07 Å². The Kier molecular flexibility index (Phi) is 4.46. The van der Waals surface area contributed by atoms with Gasteiger partial charge in [0.1, 0.15) is 11.5 Å². The van der Waals surface area contributed by atoms with E-state index in [4.69, 9.17) is 4.74 Å². The third-order valence-electron chi connectivity index (χ3n) is 5.30. The Morgan fingerprint density at radius 1 is 1.27 bits per heavy atom. The van der Waals surface area contributed by atoms with Crippen molar-refractivity contribution in [3.63, 3.8) is 0 Å². The monoisotopic (exact) mass is 300 g/mol. The molecule has 1 aromatic carbocycles. The van der Waals surface area contributed by atoms with Crippen LogP contribution in [0.3, 0.4) is 0 Å². The zero-order valence-electron chi connectivity index (χ0n) is 14.1. The third kappa shape index (κ3) is 2.88. The number of allylic oxidation sites excluding steroid dienone is 2. The zero-order chi connectivity index (χ0) is 15.7. The molecule has 1 aliphatic carbocycles. The minimum absolute atomic E-state index is 0.229. The lowest BCUT2D eigenvalue weighted by Gasteiger charge is -2.40. The molecule has 1 aliphatic heterocycles. The van der Waals surface area contributed by atoms with Crippen LogP contribution in [0, 0.1) is 5.92 Å². The van der Waals surface area contributed by atoms with Crippen molar-refractivity contribution in [2.45, 2.75) is 71.3 Å². The van der Waals surface area contributed by atoms with E-state index in [1.54, 1.807) is 0 Å². The highest BCUT2D eigenvalue weighted by molar-refractivity contribution is 5.53. The summed E-state index contributed by atoms with van der Waals surface area (Å²) < 4.78 is 6.18. The second kappa shape index (κ2) is 6.36. The fourth-order valence-electron chi connectivity index (χ4n) is 4.02. The fourth-order valence-corrected chi connectivity index (χ4v) is 4.02. The summed E-state index contributed by atoms with van der Waals surface area (Å²) >= 11 is 0. The van der Waals surface area contributed by atoms with Gasteiger partial charge in [0.2, 0.25) is 0 Å². The average molecular weight is 300 g/mol. The van der Waals surface area contributed by atoms with E-state index in [1.165, 1.54) is 30.4 Å². The molecule has 3 atom stereocenters. The summed E-state index contributed by atoms with van der Waals surface area (Å²) in [6.07, 6.45) is 9.55. The maximum atomic E-state index is 10.6. The summed E-state index contributed by atoms with van der Waals surface area (Å²) in [6.45, 7) is 6.59. The third-order valence-corrected chi connectivity index (χ3v) is 5.30. The van der Waals surface area contributed by atoms with Crippen molar-refractivity contribution in [2.75, 3.05) is 0 Å². The van der Waals surface area contributed by atoms with Crippen molar-refractivity contribution in [1.82, 2.24) is 0 Å². The Labute approximate surface area is 134 Å². The van der Waals surface area contributed by atoms with E-state index >= 15 is 0 Å². The largest absolute Gasteiger partial charge is 0.507 e. The Morgan fingerprint density at radius 3 is 2.86 bits per heavy atom. The molecule has 22 heavy (non-hydrogen) atoms. The molecular formula is C20H28O2. The number of phenolic OH excluding ortho intramolecular Hbond substituents is 1. The molecular weight excluding hydrogens is 272 g/mol. The van der Waals surface area contributed by atoms with Gasteiger partial charge in [0.15, 0.2) is 0 Å². The number of ether oxygens (including phenoxy) is 1. The molecule has 0 fully saturated rings. The molecule has 0 saturated heterocycles. The molecule has 0 spiro atoms. The smallest absolute Gasteiger partial charge is 0.127 e. The van der Waals surface area contributed by atoms with Crippen LogP contribution in [-0.4, -0.2) is 11.2 Å². The van der Waals surface area contributed by atoms with Gasteiger partial charge in [-0.2, -0.15) is 0 Å². The van der Waals surface area contributed by atoms with Gasteiger partial charge >= 0.3 is 0 Å². The van der Waals surface area contributed by atoms with E-state index in [0.29, 0.717) is 17.6 Å². The van der Waals surface area contributed by atoms with E-state index < -0.39 is 0 Å². The van der Waals surface area contributed by atoms with E-state index in [9.17, 15) is 5.11 Å². The Balaban J connectivity index is 1.94. The summed E-state index contributed by atoms with van der Waals surface area (Å²) in [5, 5.41) is 10.6. The lowest BCUT2D eigenvalue weighted by Crippen LogP contribution is -2.35. The quantitative estimate of drug-likeness (QED) is 0.600. The fraction of sp³-hybridized carbons (Fsp3) is 0.600. The highest BCUT2D eigenvalue weighted by Crippen LogP contribution is 2.50. The summed E-state index contributed by atoms with van der Waals surface area (Å²) in [6, 6.07) is 4.12. The van der Waals surface area contributed by atoms with E-state index in [0.717, 1.165) is 30.6 Å². The molecule has 1 heterocycles. The molecule has 2 heteroatoms. The maximum absolute atomic E-state index is 10.6. The second-order valence-electron chi connectivity index (χ2n) is 7.05. The minimum atomic E-state index is 0.229. The average Bonchev–Trinajstić information content (AvgIpc) is 2.46. The Morgan fingerprint density at radius 2 is 2.09 bits per heavy atom. The summed E-state index contributed by atoms with van der Waals surface area (Å²) in [7, 11) is 0. The molecule has 2 aliphatic rings. The Bertz CT molecular complexity index is 573. The number of unbranched alkanes of at least 4 members (excludes halogenated alkanes) is 2. The molecule has 0 bridgehead atoms.